The Balaban J connectivity index is 1.39. The van der Waals surface area contributed by atoms with Gasteiger partial charge in [0.1, 0.15) is 5.82 Å². The van der Waals surface area contributed by atoms with Gasteiger partial charge in [-0.15, -0.1) is 0 Å². The lowest BCUT2D eigenvalue weighted by Crippen LogP contribution is -2.15. The number of rotatable bonds is 3. The van der Waals surface area contributed by atoms with Gasteiger partial charge in [0.15, 0.2) is 0 Å². The van der Waals surface area contributed by atoms with Gasteiger partial charge in [-0.1, -0.05) is 46.9 Å². The lowest BCUT2D eigenvalue weighted by atomic mass is 10.1. The summed E-state index contributed by atoms with van der Waals surface area (Å²) in [7, 11) is 0. The van der Waals surface area contributed by atoms with Gasteiger partial charge >= 0.3 is 0 Å². The van der Waals surface area contributed by atoms with E-state index in [0.29, 0.717) is 26.3 Å². The minimum absolute atomic E-state index is 0.279. The van der Waals surface area contributed by atoms with Gasteiger partial charge < -0.3 is 10.2 Å². The van der Waals surface area contributed by atoms with Gasteiger partial charge in [0.2, 0.25) is 0 Å². The van der Waals surface area contributed by atoms with Crippen LogP contribution >= 0.6 is 34.8 Å². The Bertz CT molecular complexity index is 1370. The number of aromatic nitrogens is 1. The molecular weight excluding hydrogens is 465 g/mol. The average Bonchev–Trinajstić information content (AvgIpc) is 3.18. The maximum atomic E-state index is 12.7. The molecule has 3 aromatic carbocycles. The Morgan fingerprint density at radius 3 is 2.47 bits per heavy atom. The summed E-state index contributed by atoms with van der Waals surface area (Å²) in [5.74, 6) is 0.696. The molecule has 32 heavy (non-hydrogen) atoms. The van der Waals surface area contributed by atoms with Crippen LogP contribution in [0.1, 0.15) is 21.5 Å². The number of aryl methyl sites for hydroxylation is 1. The topological polar surface area (TPSA) is 45.2 Å². The van der Waals surface area contributed by atoms with Crippen molar-refractivity contribution in [2.24, 2.45) is 0 Å². The zero-order valence-electron chi connectivity index (χ0n) is 17.1. The van der Waals surface area contributed by atoms with Crippen LogP contribution in [0.15, 0.2) is 60.7 Å². The first-order valence-electron chi connectivity index (χ1n) is 10.1. The third kappa shape index (κ3) is 3.90. The second kappa shape index (κ2) is 8.28. The van der Waals surface area contributed by atoms with Crippen LogP contribution in [0.2, 0.25) is 15.1 Å². The van der Waals surface area contributed by atoms with E-state index in [1.165, 1.54) is 23.3 Å². The lowest BCUT2D eigenvalue weighted by molar-refractivity contribution is 0.102. The molecule has 1 aliphatic heterocycles. The molecule has 0 radical (unpaired) electrons. The third-order valence-electron chi connectivity index (χ3n) is 5.59. The molecule has 0 saturated heterocycles. The molecule has 0 bridgehead atoms. The number of hydrogen-bond acceptors (Lipinski definition) is 3. The first-order chi connectivity index (χ1) is 15.4. The normalized spacial score (nSPS) is 12.8. The lowest BCUT2D eigenvalue weighted by Gasteiger charge is -2.19. The summed E-state index contributed by atoms with van der Waals surface area (Å²) in [5, 5.41) is 4.93. The van der Waals surface area contributed by atoms with E-state index >= 15 is 0 Å². The number of benzene rings is 3. The quantitative estimate of drug-likeness (QED) is 0.308. The standard InChI is InChI=1S/C25H18Cl3N3O/c1-14-2-3-16-11-17-8-9-31(24(17)29-22(16)10-14)18-6-4-15(5-7-18)25(32)30-23-13-20(27)19(26)12-21(23)28/h2-7,10-13H,8-9H2,1H3,(H,30,32). The second-order valence-electron chi connectivity index (χ2n) is 7.82. The largest absolute Gasteiger partial charge is 0.326 e. The first kappa shape index (κ1) is 21.1. The van der Waals surface area contributed by atoms with E-state index in [9.17, 15) is 4.79 Å². The maximum absolute atomic E-state index is 12.7. The number of pyridine rings is 1. The molecule has 2 heterocycles. The molecule has 1 aromatic heterocycles. The summed E-state index contributed by atoms with van der Waals surface area (Å²) in [4.78, 5) is 19.8. The Kier molecular flexibility index (Phi) is 5.46. The highest BCUT2D eigenvalue weighted by atomic mass is 35.5. The van der Waals surface area contributed by atoms with Crippen LogP contribution in [0.25, 0.3) is 10.9 Å². The predicted molar refractivity (Wildman–Crippen MR) is 133 cm³/mol. The van der Waals surface area contributed by atoms with E-state index in [0.717, 1.165) is 35.4 Å². The van der Waals surface area contributed by atoms with Gasteiger partial charge in [-0.25, -0.2) is 4.98 Å². The van der Waals surface area contributed by atoms with Crippen molar-refractivity contribution < 1.29 is 4.79 Å². The highest BCUT2D eigenvalue weighted by Crippen LogP contribution is 2.36. The van der Waals surface area contributed by atoms with E-state index in [2.05, 4.69) is 41.4 Å². The Morgan fingerprint density at radius 2 is 1.69 bits per heavy atom. The Morgan fingerprint density at radius 1 is 0.938 bits per heavy atom. The molecular formula is C25H18Cl3N3O. The average molecular weight is 483 g/mol. The molecule has 1 amide bonds. The third-order valence-corrected chi connectivity index (χ3v) is 6.62. The minimum Gasteiger partial charge on any atom is -0.326 e. The fraction of sp³-hybridized carbons (Fsp3) is 0.120. The summed E-state index contributed by atoms with van der Waals surface area (Å²) in [6.07, 6.45) is 0.935. The fourth-order valence-electron chi connectivity index (χ4n) is 3.92. The van der Waals surface area contributed by atoms with Crippen molar-refractivity contribution in [1.82, 2.24) is 4.98 Å². The van der Waals surface area contributed by atoms with Crippen molar-refractivity contribution in [3.05, 3.63) is 92.4 Å². The van der Waals surface area contributed by atoms with E-state index < -0.39 is 0 Å². The maximum Gasteiger partial charge on any atom is 0.255 e. The van der Waals surface area contributed by atoms with Gasteiger partial charge in [-0.3, -0.25) is 4.79 Å². The fourth-order valence-corrected chi connectivity index (χ4v) is 4.52. The molecule has 0 spiro atoms. The predicted octanol–water partition coefficient (Wildman–Crippen LogP) is 7.45. The SMILES string of the molecule is Cc1ccc2cc3c(nc2c1)N(c1ccc(C(=O)Nc2cc(Cl)c(Cl)cc2Cl)cc1)CC3. The first-order valence-corrected chi connectivity index (χ1v) is 11.3. The molecule has 0 saturated carbocycles. The number of amides is 1. The van der Waals surface area contributed by atoms with Crippen molar-refractivity contribution >= 4 is 68.8 Å². The van der Waals surface area contributed by atoms with Crippen molar-refractivity contribution in [3.63, 3.8) is 0 Å². The number of halogens is 3. The highest BCUT2D eigenvalue weighted by molar-refractivity contribution is 6.44. The number of carbonyl (C=O) groups is 1. The number of anilines is 3. The molecule has 1 N–H and O–H groups in total. The molecule has 0 fully saturated rings. The highest BCUT2D eigenvalue weighted by Gasteiger charge is 2.23. The van der Waals surface area contributed by atoms with E-state index in [-0.39, 0.29) is 5.91 Å². The second-order valence-corrected chi connectivity index (χ2v) is 9.04. The van der Waals surface area contributed by atoms with Gasteiger partial charge in [-0.2, -0.15) is 0 Å². The van der Waals surface area contributed by atoms with Crippen molar-refractivity contribution in [2.45, 2.75) is 13.3 Å². The molecule has 160 valence electrons. The number of nitrogens with one attached hydrogen (secondary N) is 1. The van der Waals surface area contributed by atoms with Crippen LogP contribution in [-0.2, 0) is 6.42 Å². The van der Waals surface area contributed by atoms with Crippen LogP contribution < -0.4 is 10.2 Å². The van der Waals surface area contributed by atoms with Crippen LogP contribution in [0.4, 0.5) is 17.2 Å². The molecule has 7 heteroatoms. The van der Waals surface area contributed by atoms with Crippen LogP contribution in [0.5, 0.6) is 0 Å². The molecule has 0 aliphatic carbocycles. The summed E-state index contributed by atoms with van der Waals surface area (Å²) >= 11 is 18.2. The summed E-state index contributed by atoms with van der Waals surface area (Å²) in [6, 6.07) is 19.0. The van der Waals surface area contributed by atoms with Crippen molar-refractivity contribution in [3.8, 4) is 0 Å². The van der Waals surface area contributed by atoms with Crippen LogP contribution in [0.3, 0.4) is 0 Å². The number of nitrogens with zero attached hydrogens (tertiary/aromatic N) is 2. The van der Waals surface area contributed by atoms with Crippen LogP contribution in [0, 0.1) is 6.92 Å². The molecule has 0 unspecified atom stereocenters. The number of fused-ring (bicyclic) bond motifs is 2. The molecule has 1 aliphatic rings. The van der Waals surface area contributed by atoms with Crippen molar-refractivity contribution in [2.75, 3.05) is 16.8 Å². The zero-order valence-corrected chi connectivity index (χ0v) is 19.4. The minimum atomic E-state index is -0.279. The number of hydrogen-bond donors (Lipinski definition) is 1. The zero-order chi connectivity index (χ0) is 22.4. The summed E-state index contributed by atoms with van der Waals surface area (Å²) in [6.45, 7) is 2.92. The Hall–Kier alpha value is -2.79. The van der Waals surface area contributed by atoms with Crippen molar-refractivity contribution in [1.29, 1.82) is 0 Å². The summed E-state index contributed by atoms with van der Waals surface area (Å²) in [5.41, 5.74) is 5.33. The molecule has 4 aromatic rings. The molecule has 0 atom stereocenters. The summed E-state index contributed by atoms with van der Waals surface area (Å²) < 4.78 is 0. The van der Waals surface area contributed by atoms with Gasteiger partial charge in [0.25, 0.3) is 5.91 Å². The van der Waals surface area contributed by atoms with E-state index in [1.807, 2.05) is 12.1 Å². The molecule has 4 nitrogen and oxygen atoms in total. The smallest absolute Gasteiger partial charge is 0.255 e. The molecule has 5 rings (SSSR count). The number of carbonyl (C=O) groups excluding carboxylic acids is 1. The Labute approximate surface area is 200 Å². The van der Waals surface area contributed by atoms with Crippen LogP contribution in [-0.4, -0.2) is 17.4 Å². The van der Waals surface area contributed by atoms with Gasteiger partial charge in [-0.05, 0) is 73.0 Å². The van der Waals surface area contributed by atoms with E-state index in [1.54, 1.807) is 12.1 Å². The monoisotopic (exact) mass is 481 g/mol. The van der Waals surface area contributed by atoms with E-state index in [4.69, 9.17) is 39.8 Å². The van der Waals surface area contributed by atoms with Gasteiger partial charge in [0.05, 0.1) is 26.3 Å². The van der Waals surface area contributed by atoms with Gasteiger partial charge in [0, 0.05) is 23.2 Å².